The van der Waals surface area contributed by atoms with Crippen molar-refractivity contribution in [1.82, 2.24) is 19.5 Å². The summed E-state index contributed by atoms with van der Waals surface area (Å²) in [5, 5.41) is 0.875. The molecular weight excluding hydrogens is 506 g/mol. The fourth-order valence-electron chi connectivity index (χ4n) is 5.78. The summed E-state index contributed by atoms with van der Waals surface area (Å²) in [6.07, 6.45) is 11.4. The van der Waals surface area contributed by atoms with E-state index < -0.39 is 5.41 Å². The van der Waals surface area contributed by atoms with Crippen molar-refractivity contribution < 1.29 is 14.2 Å². The van der Waals surface area contributed by atoms with E-state index in [1.54, 1.807) is 31.1 Å². The maximum atomic E-state index is 12.3. The summed E-state index contributed by atoms with van der Waals surface area (Å²) < 4.78 is 19.7. The lowest BCUT2D eigenvalue weighted by Gasteiger charge is -2.36. The Morgan fingerprint density at radius 1 is 1.15 bits per heavy atom. The molecule has 2 aliphatic rings. The van der Waals surface area contributed by atoms with Crippen LogP contribution < -0.4 is 16.0 Å². The van der Waals surface area contributed by atoms with Gasteiger partial charge >= 0.3 is 0 Å². The van der Waals surface area contributed by atoms with E-state index in [0.717, 1.165) is 59.0 Å². The lowest BCUT2D eigenvalue weighted by molar-refractivity contribution is -0.170. The zero-order valence-electron chi connectivity index (χ0n) is 23.0. The number of nitrogens with zero attached hydrogens (tertiary/aromatic N) is 4. The van der Waals surface area contributed by atoms with Crippen molar-refractivity contribution in [1.29, 1.82) is 0 Å². The smallest absolute Gasteiger partial charge is 0.254 e. The van der Waals surface area contributed by atoms with E-state index >= 15 is 0 Å². The summed E-state index contributed by atoms with van der Waals surface area (Å²) in [5.41, 5.74) is 9.88. The van der Waals surface area contributed by atoms with Crippen LogP contribution in [0.25, 0.3) is 22.0 Å². The number of rotatable bonds is 9. The number of ether oxygens (including phenoxy) is 3. The largest absolute Gasteiger partial charge is 0.496 e. The van der Waals surface area contributed by atoms with Gasteiger partial charge in [0, 0.05) is 49.3 Å². The molecule has 0 spiro atoms. The molecule has 208 valence electrons. The molecule has 2 N–H and O–H groups in total. The first-order valence-electron chi connectivity index (χ1n) is 13.9. The van der Waals surface area contributed by atoms with Gasteiger partial charge in [-0.05, 0) is 60.9 Å². The predicted octanol–water partition coefficient (Wildman–Crippen LogP) is 4.61. The fraction of sp³-hybridized carbons (Fsp3) is 0.419. The number of nitrogens with two attached hydrogens (primary N) is 1. The number of nitrogen functional groups attached to an aromatic ring is 1. The predicted molar refractivity (Wildman–Crippen MR) is 153 cm³/mol. The van der Waals surface area contributed by atoms with Crippen molar-refractivity contribution in [3.63, 3.8) is 0 Å². The Hall–Kier alpha value is -3.82. The average Bonchev–Trinajstić information content (AvgIpc) is 3.81. The van der Waals surface area contributed by atoms with Crippen LogP contribution in [0.5, 0.6) is 5.75 Å². The van der Waals surface area contributed by atoms with Crippen LogP contribution in [0.15, 0.2) is 59.8 Å². The molecule has 3 aromatic heterocycles. The minimum Gasteiger partial charge on any atom is -0.496 e. The molecular formula is C31H35N5O4. The number of methoxy groups -OCH3 is 1. The van der Waals surface area contributed by atoms with Gasteiger partial charge in [-0.15, -0.1) is 0 Å². The maximum Gasteiger partial charge on any atom is 0.254 e. The van der Waals surface area contributed by atoms with Gasteiger partial charge in [0.2, 0.25) is 5.95 Å². The highest BCUT2D eigenvalue weighted by Gasteiger charge is 2.44. The lowest BCUT2D eigenvalue weighted by atomic mass is 9.73. The molecule has 2 atom stereocenters. The second-order valence-corrected chi connectivity index (χ2v) is 10.9. The number of hydrogen-bond acceptors (Lipinski definition) is 8. The SMILES string of the molecule is COc1cc(=O)n(C)cc1-c1ccc2nc(N)nc(C(COC3CCCCO3)(CC3CC3)c3cccnc3)c2c1. The summed E-state index contributed by atoms with van der Waals surface area (Å²) in [6, 6.07) is 11.6. The van der Waals surface area contributed by atoms with Crippen LogP contribution in [-0.2, 0) is 21.9 Å². The first-order valence-corrected chi connectivity index (χ1v) is 13.9. The van der Waals surface area contributed by atoms with E-state index in [1.165, 1.54) is 18.9 Å². The number of aromatic nitrogens is 4. The minimum atomic E-state index is -0.613. The third-order valence-corrected chi connectivity index (χ3v) is 8.09. The number of fused-ring (bicyclic) bond motifs is 1. The number of benzene rings is 1. The molecule has 1 aliphatic heterocycles. The van der Waals surface area contributed by atoms with Gasteiger partial charge < -0.3 is 24.5 Å². The molecule has 9 nitrogen and oxygen atoms in total. The van der Waals surface area contributed by atoms with Crippen LogP contribution in [0.1, 0.15) is 49.8 Å². The number of pyridine rings is 2. The van der Waals surface area contributed by atoms with Crippen LogP contribution in [0.4, 0.5) is 5.95 Å². The van der Waals surface area contributed by atoms with E-state index in [9.17, 15) is 4.79 Å². The van der Waals surface area contributed by atoms with E-state index in [1.807, 2.05) is 24.4 Å². The Balaban J connectivity index is 1.56. The van der Waals surface area contributed by atoms with Crippen molar-refractivity contribution in [2.75, 3.05) is 26.1 Å². The second kappa shape index (κ2) is 11.0. The Bertz CT molecular complexity index is 1560. The summed E-state index contributed by atoms with van der Waals surface area (Å²) in [5.74, 6) is 1.27. The molecule has 1 aromatic carbocycles. The molecule has 1 saturated heterocycles. The van der Waals surface area contributed by atoms with Gasteiger partial charge in [0.25, 0.3) is 5.56 Å². The van der Waals surface area contributed by atoms with Crippen LogP contribution in [-0.4, -0.2) is 46.1 Å². The van der Waals surface area contributed by atoms with Crippen molar-refractivity contribution in [3.05, 3.63) is 76.6 Å². The Morgan fingerprint density at radius 3 is 2.75 bits per heavy atom. The fourth-order valence-corrected chi connectivity index (χ4v) is 5.78. The monoisotopic (exact) mass is 541 g/mol. The van der Waals surface area contributed by atoms with Gasteiger partial charge in [0.1, 0.15) is 5.75 Å². The van der Waals surface area contributed by atoms with Crippen LogP contribution in [0, 0.1) is 5.92 Å². The lowest BCUT2D eigenvalue weighted by Crippen LogP contribution is -2.38. The van der Waals surface area contributed by atoms with Crippen LogP contribution in [0.2, 0.25) is 0 Å². The standard InChI is InChI=1S/C31H35N5O4/c1-36-18-24(26(38-2)15-27(36)37)21-10-11-25-23(14-21)29(35-30(32)34-25)31(16-20-8-9-20,22-6-5-12-33-17-22)19-40-28-7-3-4-13-39-28/h5-6,10-12,14-15,17-18,20,28H,3-4,7-9,13,16,19H2,1-2H3,(H2,32,34,35). The number of anilines is 1. The molecule has 1 aliphatic carbocycles. The Kier molecular flexibility index (Phi) is 7.25. The molecule has 9 heteroatoms. The highest BCUT2D eigenvalue weighted by Crippen LogP contribution is 2.48. The topological polar surface area (TPSA) is 114 Å². The summed E-state index contributed by atoms with van der Waals surface area (Å²) in [4.78, 5) is 26.3. The normalized spacial score (nSPS) is 18.9. The molecule has 0 amide bonds. The van der Waals surface area contributed by atoms with E-state index in [4.69, 9.17) is 24.9 Å². The van der Waals surface area contributed by atoms with Crippen molar-refractivity contribution >= 4 is 16.9 Å². The zero-order valence-corrected chi connectivity index (χ0v) is 23.0. The van der Waals surface area contributed by atoms with E-state index in [-0.39, 0.29) is 17.8 Å². The highest BCUT2D eigenvalue weighted by atomic mass is 16.7. The average molecular weight is 542 g/mol. The molecule has 1 saturated carbocycles. The third-order valence-electron chi connectivity index (χ3n) is 8.09. The number of hydrogen-bond donors (Lipinski definition) is 1. The minimum absolute atomic E-state index is 0.139. The molecule has 2 unspecified atom stereocenters. The quantitative estimate of drug-likeness (QED) is 0.327. The van der Waals surface area contributed by atoms with Crippen molar-refractivity contribution in [2.24, 2.45) is 13.0 Å². The molecule has 0 radical (unpaired) electrons. The Morgan fingerprint density at radius 2 is 2.02 bits per heavy atom. The molecule has 4 heterocycles. The van der Waals surface area contributed by atoms with Gasteiger partial charge in [0.05, 0.1) is 30.3 Å². The molecule has 40 heavy (non-hydrogen) atoms. The molecule has 4 aromatic rings. The summed E-state index contributed by atoms with van der Waals surface area (Å²) in [7, 11) is 3.30. The van der Waals surface area contributed by atoms with E-state index in [2.05, 4.69) is 22.1 Å². The molecule has 0 bridgehead atoms. The van der Waals surface area contributed by atoms with Gasteiger partial charge in [-0.2, -0.15) is 0 Å². The van der Waals surface area contributed by atoms with Crippen molar-refractivity contribution in [3.8, 4) is 16.9 Å². The van der Waals surface area contributed by atoms with Crippen molar-refractivity contribution in [2.45, 2.75) is 50.2 Å². The summed E-state index contributed by atoms with van der Waals surface area (Å²) in [6.45, 7) is 1.10. The Labute approximate surface area is 233 Å². The third kappa shape index (κ3) is 5.19. The number of aryl methyl sites for hydroxylation is 1. The molecule has 6 rings (SSSR count). The van der Waals surface area contributed by atoms with Crippen LogP contribution >= 0.6 is 0 Å². The first-order chi connectivity index (χ1) is 19.5. The van der Waals surface area contributed by atoms with E-state index in [0.29, 0.717) is 24.9 Å². The maximum absolute atomic E-state index is 12.3. The van der Waals surface area contributed by atoms with Gasteiger partial charge in [-0.25, -0.2) is 9.97 Å². The summed E-state index contributed by atoms with van der Waals surface area (Å²) >= 11 is 0. The van der Waals surface area contributed by atoms with Crippen LogP contribution in [0.3, 0.4) is 0 Å². The van der Waals surface area contributed by atoms with Gasteiger partial charge in [-0.3, -0.25) is 9.78 Å². The highest BCUT2D eigenvalue weighted by molar-refractivity contribution is 5.89. The zero-order chi connectivity index (χ0) is 27.7. The molecule has 2 fully saturated rings. The first kappa shape index (κ1) is 26.4. The second-order valence-electron chi connectivity index (χ2n) is 10.9. The van der Waals surface area contributed by atoms with Gasteiger partial charge in [0.15, 0.2) is 6.29 Å². The van der Waals surface area contributed by atoms with Gasteiger partial charge in [-0.1, -0.05) is 25.0 Å².